The molecule has 6 nitrogen and oxygen atoms in total. The van der Waals surface area contributed by atoms with Crippen molar-refractivity contribution in [3.8, 4) is 0 Å². The average molecular weight is 356 g/mol. The summed E-state index contributed by atoms with van der Waals surface area (Å²) in [4.78, 5) is 24.6. The number of methoxy groups -OCH3 is 1. The number of benzene rings is 1. The summed E-state index contributed by atoms with van der Waals surface area (Å²) in [6.07, 6.45) is 2.14. The molecule has 0 aliphatic carbocycles. The number of hydrogen-bond acceptors (Lipinski definition) is 4. The Labute approximate surface area is 149 Å². The van der Waals surface area contributed by atoms with E-state index in [0.717, 1.165) is 19.5 Å². The zero-order chi connectivity index (χ0) is 16.7. The fourth-order valence-corrected chi connectivity index (χ4v) is 2.68. The van der Waals surface area contributed by atoms with Gasteiger partial charge >= 0.3 is 0 Å². The average Bonchev–Trinajstić information content (AvgIpc) is 2.60. The maximum atomic E-state index is 12.6. The van der Waals surface area contributed by atoms with E-state index in [-0.39, 0.29) is 24.2 Å². The normalized spacial score (nSPS) is 15.9. The molecule has 0 radical (unpaired) electrons. The number of rotatable bonds is 6. The van der Waals surface area contributed by atoms with Crippen LogP contribution >= 0.6 is 12.4 Å². The smallest absolute Gasteiger partial charge is 0.256 e. The molecule has 0 bridgehead atoms. The van der Waals surface area contributed by atoms with E-state index in [2.05, 4.69) is 16.0 Å². The van der Waals surface area contributed by atoms with Crippen molar-refractivity contribution in [2.45, 2.75) is 31.8 Å². The highest BCUT2D eigenvalue weighted by molar-refractivity contribution is 6.00. The highest BCUT2D eigenvalue weighted by Crippen LogP contribution is 2.24. The van der Waals surface area contributed by atoms with Crippen LogP contribution in [0.2, 0.25) is 0 Å². The molecule has 0 aromatic heterocycles. The lowest BCUT2D eigenvalue weighted by Crippen LogP contribution is -2.51. The minimum absolute atomic E-state index is 0. The lowest BCUT2D eigenvalue weighted by Gasteiger charge is -2.34. The molecule has 1 aliphatic heterocycles. The summed E-state index contributed by atoms with van der Waals surface area (Å²) in [5, 5.41) is 8.93. The predicted octanol–water partition coefficient (Wildman–Crippen LogP) is 1.96. The zero-order valence-corrected chi connectivity index (χ0v) is 15.0. The fraction of sp³-hybridized carbons (Fsp3) is 0.529. The second kappa shape index (κ2) is 9.61. The number of piperidine rings is 1. The molecule has 134 valence electrons. The second-order valence-corrected chi connectivity index (χ2v) is 5.74. The van der Waals surface area contributed by atoms with Gasteiger partial charge in [-0.2, -0.15) is 0 Å². The van der Waals surface area contributed by atoms with Gasteiger partial charge in [-0.1, -0.05) is 13.0 Å². The van der Waals surface area contributed by atoms with Gasteiger partial charge in [0.1, 0.15) is 5.60 Å². The van der Waals surface area contributed by atoms with Crippen LogP contribution in [0, 0.1) is 0 Å². The van der Waals surface area contributed by atoms with Crippen LogP contribution in [0.1, 0.15) is 36.5 Å². The summed E-state index contributed by atoms with van der Waals surface area (Å²) in [7, 11) is 1.57. The number of nitrogens with one attached hydrogen (secondary N) is 3. The molecular formula is C17H26ClN3O3. The first-order chi connectivity index (χ1) is 11.1. The minimum Gasteiger partial charge on any atom is -0.368 e. The van der Waals surface area contributed by atoms with Gasteiger partial charge in [-0.05, 0) is 50.6 Å². The predicted molar refractivity (Wildman–Crippen MR) is 96.8 cm³/mol. The molecule has 0 saturated carbocycles. The van der Waals surface area contributed by atoms with Crippen LogP contribution in [0.3, 0.4) is 0 Å². The molecule has 2 rings (SSSR count). The Hall–Kier alpha value is -1.63. The number of halogens is 1. The Balaban J connectivity index is 0.00000288. The lowest BCUT2D eigenvalue weighted by atomic mass is 9.91. The first-order valence-corrected chi connectivity index (χ1v) is 8.07. The van der Waals surface area contributed by atoms with Crippen molar-refractivity contribution in [2.24, 2.45) is 0 Å². The van der Waals surface area contributed by atoms with Crippen molar-refractivity contribution in [1.82, 2.24) is 10.6 Å². The molecule has 7 heteroatoms. The molecule has 0 unspecified atom stereocenters. The quantitative estimate of drug-likeness (QED) is 0.728. The Bertz CT molecular complexity index is 560. The number of anilines is 1. The van der Waals surface area contributed by atoms with Crippen molar-refractivity contribution in [3.05, 3.63) is 29.8 Å². The van der Waals surface area contributed by atoms with Gasteiger partial charge in [0.2, 0.25) is 0 Å². The van der Waals surface area contributed by atoms with Gasteiger partial charge in [0.15, 0.2) is 0 Å². The van der Waals surface area contributed by atoms with Gasteiger partial charge < -0.3 is 20.7 Å². The van der Waals surface area contributed by atoms with E-state index in [0.29, 0.717) is 30.6 Å². The largest absolute Gasteiger partial charge is 0.368 e. The Morgan fingerprint density at radius 2 is 2.00 bits per heavy atom. The first kappa shape index (κ1) is 20.4. The molecule has 1 heterocycles. The van der Waals surface area contributed by atoms with E-state index in [1.54, 1.807) is 31.4 Å². The van der Waals surface area contributed by atoms with Gasteiger partial charge in [-0.3, -0.25) is 9.59 Å². The molecule has 2 amide bonds. The van der Waals surface area contributed by atoms with Crippen molar-refractivity contribution >= 4 is 29.9 Å². The Morgan fingerprint density at radius 3 is 2.62 bits per heavy atom. The first-order valence-electron chi connectivity index (χ1n) is 8.07. The topological polar surface area (TPSA) is 79.5 Å². The van der Waals surface area contributed by atoms with Crippen LogP contribution in [0.15, 0.2) is 24.3 Å². The van der Waals surface area contributed by atoms with Crippen molar-refractivity contribution in [3.63, 3.8) is 0 Å². The van der Waals surface area contributed by atoms with Crippen molar-refractivity contribution in [2.75, 3.05) is 32.1 Å². The monoisotopic (exact) mass is 355 g/mol. The summed E-state index contributed by atoms with van der Waals surface area (Å²) in [6, 6.07) is 6.96. The lowest BCUT2D eigenvalue weighted by molar-refractivity contribution is -0.140. The molecule has 1 saturated heterocycles. The van der Waals surface area contributed by atoms with Crippen LogP contribution in [-0.4, -0.2) is 44.2 Å². The zero-order valence-electron chi connectivity index (χ0n) is 14.2. The summed E-state index contributed by atoms with van der Waals surface area (Å²) in [6.45, 7) is 4.14. The van der Waals surface area contributed by atoms with Gasteiger partial charge in [0.25, 0.3) is 11.8 Å². The molecule has 0 spiro atoms. The molecule has 1 aromatic carbocycles. The van der Waals surface area contributed by atoms with Gasteiger partial charge in [-0.25, -0.2) is 0 Å². The summed E-state index contributed by atoms with van der Waals surface area (Å²) < 4.78 is 5.51. The van der Waals surface area contributed by atoms with Crippen molar-refractivity contribution in [1.29, 1.82) is 0 Å². The van der Waals surface area contributed by atoms with E-state index >= 15 is 0 Å². The standard InChI is InChI=1S/C17H25N3O3.ClH/c1-3-9-19-15(21)13-5-4-6-14(12-13)20-16(22)17(23-2)7-10-18-11-8-17;/h4-6,12,18H,3,7-11H2,1-2H3,(H,19,21)(H,20,22);1H. The molecule has 3 N–H and O–H groups in total. The Kier molecular flexibility index (Phi) is 8.18. The Morgan fingerprint density at radius 1 is 1.29 bits per heavy atom. The van der Waals surface area contributed by atoms with Crippen molar-refractivity contribution < 1.29 is 14.3 Å². The number of carbonyl (C=O) groups is 2. The second-order valence-electron chi connectivity index (χ2n) is 5.74. The highest BCUT2D eigenvalue weighted by Gasteiger charge is 2.39. The maximum absolute atomic E-state index is 12.6. The van der Waals surface area contributed by atoms with E-state index in [1.807, 2.05) is 6.92 Å². The highest BCUT2D eigenvalue weighted by atomic mass is 35.5. The van der Waals surface area contributed by atoms with Crippen LogP contribution in [0.4, 0.5) is 5.69 Å². The van der Waals surface area contributed by atoms with E-state index in [9.17, 15) is 9.59 Å². The fourth-order valence-electron chi connectivity index (χ4n) is 2.68. The van der Waals surface area contributed by atoms with Gasteiger partial charge in [0.05, 0.1) is 0 Å². The molecule has 1 aromatic rings. The van der Waals surface area contributed by atoms with Gasteiger partial charge in [-0.15, -0.1) is 12.4 Å². The van der Waals surface area contributed by atoms with Gasteiger partial charge in [0, 0.05) is 24.9 Å². The number of ether oxygens (including phenoxy) is 1. The minimum atomic E-state index is -0.800. The van der Waals surface area contributed by atoms with Crippen LogP contribution in [-0.2, 0) is 9.53 Å². The summed E-state index contributed by atoms with van der Waals surface area (Å²) in [5.41, 5.74) is 0.341. The SMILES string of the molecule is CCCNC(=O)c1cccc(NC(=O)C2(OC)CCNCC2)c1.Cl. The number of amides is 2. The summed E-state index contributed by atoms with van der Waals surface area (Å²) >= 11 is 0. The van der Waals surface area contributed by atoms with Crippen LogP contribution < -0.4 is 16.0 Å². The van der Waals surface area contributed by atoms with E-state index in [1.165, 1.54) is 0 Å². The van der Waals surface area contributed by atoms with E-state index < -0.39 is 5.60 Å². The maximum Gasteiger partial charge on any atom is 0.256 e. The molecule has 0 atom stereocenters. The number of hydrogen-bond donors (Lipinski definition) is 3. The molecule has 1 aliphatic rings. The summed E-state index contributed by atoms with van der Waals surface area (Å²) in [5.74, 6) is -0.293. The number of carbonyl (C=O) groups excluding carboxylic acids is 2. The van der Waals surface area contributed by atoms with Crippen LogP contribution in [0.5, 0.6) is 0 Å². The third-order valence-corrected chi connectivity index (χ3v) is 4.13. The molecular weight excluding hydrogens is 330 g/mol. The molecule has 24 heavy (non-hydrogen) atoms. The third-order valence-electron chi connectivity index (χ3n) is 4.13. The van der Waals surface area contributed by atoms with E-state index in [4.69, 9.17) is 4.74 Å². The third kappa shape index (κ3) is 4.93. The molecule has 1 fully saturated rings. The van der Waals surface area contributed by atoms with Crippen LogP contribution in [0.25, 0.3) is 0 Å².